The van der Waals surface area contributed by atoms with Crippen molar-refractivity contribution in [3.8, 4) is 5.75 Å². The lowest BCUT2D eigenvalue weighted by Crippen LogP contribution is -2.58. The summed E-state index contributed by atoms with van der Waals surface area (Å²) in [5.74, 6) is 0.177. The summed E-state index contributed by atoms with van der Waals surface area (Å²) >= 11 is 0. The van der Waals surface area contributed by atoms with Crippen molar-refractivity contribution in [2.75, 3.05) is 55.8 Å². The number of rotatable bonds is 6. The second-order valence-corrected chi connectivity index (χ2v) is 9.81. The molecule has 0 aromatic carbocycles. The molecule has 5 rings (SSSR count). The Labute approximate surface area is 223 Å². The number of nitrogens with zero attached hydrogens (tertiary/aromatic N) is 5. The van der Waals surface area contributed by atoms with Crippen LogP contribution in [0.1, 0.15) is 30.4 Å². The van der Waals surface area contributed by atoms with Gasteiger partial charge in [-0.3, -0.25) is 9.59 Å². The van der Waals surface area contributed by atoms with E-state index in [1.807, 2.05) is 10.00 Å². The molecular weight excluding hydrogens is 550 g/mol. The molecule has 3 aliphatic heterocycles. The minimum absolute atomic E-state index is 0.0461. The van der Waals surface area contributed by atoms with E-state index in [9.17, 15) is 35.9 Å². The molecule has 0 aliphatic carbocycles. The summed E-state index contributed by atoms with van der Waals surface area (Å²) in [5, 5.41) is 5.36. The summed E-state index contributed by atoms with van der Waals surface area (Å²) in [4.78, 5) is 33.5. The van der Waals surface area contributed by atoms with E-state index in [4.69, 9.17) is 9.47 Å². The van der Waals surface area contributed by atoms with E-state index < -0.39 is 35.1 Å². The second-order valence-electron chi connectivity index (χ2n) is 9.81. The average molecular weight is 576 g/mol. The Bertz CT molecular complexity index is 1300. The number of aromatic amines is 1. The Morgan fingerprint density at radius 2 is 1.90 bits per heavy atom. The van der Waals surface area contributed by atoms with Crippen LogP contribution < -0.4 is 20.1 Å². The first-order chi connectivity index (χ1) is 18.9. The molecule has 2 atom stereocenters. The summed E-state index contributed by atoms with van der Waals surface area (Å²) in [6.45, 7) is 1.54. The number of aromatic nitrogens is 3. The van der Waals surface area contributed by atoms with Gasteiger partial charge in [0.15, 0.2) is 11.6 Å². The SMILES string of the molecule is O=C(CCOCC1CCCN1c1cn[nH]c(=O)c1C(F)(F)F)N1CCN2c3ncc(C(F)(F)F)cc3OCC2C1. The van der Waals surface area contributed by atoms with Crippen LogP contribution in [-0.4, -0.2) is 84.1 Å². The highest BCUT2D eigenvalue weighted by molar-refractivity contribution is 5.77. The predicted octanol–water partition coefficient (Wildman–Crippen LogP) is 2.69. The van der Waals surface area contributed by atoms with E-state index in [1.165, 1.54) is 4.90 Å². The molecule has 3 aliphatic rings. The minimum Gasteiger partial charge on any atom is -0.487 e. The largest absolute Gasteiger partial charge is 0.487 e. The van der Waals surface area contributed by atoms with Crippen LogP contribution in [0, 0.1) is 0 Å². The number of hydrogen-bond acceptors (Lipinski definition) is 8. The molecule has 10 nitrogen and oxygen atoms in total. The Balaban J connectivity index is 1.12. The van der Waals surface area contributed by atoms with Crippen LogP contribution in [0.15, 0.2) is 23.3 Å². The number of ether oxygens (including phenoxy) is 2. The van der Waals surface area contributed by atoms with Gasteiger partial charge in [-0.15, -0.1) is 0 Å². The molecule has 2 unspecified atom stereocenters. The molecule has 218 valence electrons. The zero-order valence-corrected chi connectivity index (χ0v) is 21.1. The van der Waals surface area contributed by atoms with E-state index >= 15 is 0 Å². The second kappa shape index (κ2) is 10.8. The third-order valence-electron chi connectivity index (χ3n) is 7.28. The van der Waals surface area contributed by atoms with Gasteiger partial charge in [0.2, 0.25) is 5.91 Å². The van der Waals surface area contributed by atoms with Crippen molar-refractivity contribution in [1.29, 1.82) is 0 Å². The molecule has 0 saturated carbocycles. The molecule has 0 spiro atoms. The van der Waals surface area contributed by atoms with Gasteiger partial charge in [0.25, 0.3) is 5.56 Å². The fraction of sp³-hybridized carbons (Fsp3) is 0.583. The summed E-state index contributed by atoms with van der Waals surface area (Å²) in [7, 11) is 0. The van der Waals surface area contributed by atoms with Crippen LogP contribution in [0.25, 0.3) is 0 Å². The number of fused-ring (bicyclic) bond motifs is 3. The first kappa shape index (κ1) is 28.0. The van der Waals surface area contributed by atoms with Crippen LogP contribution in [0.5, 0.6) is 5.75 Å². The lowest BCUT2D eigenvalue weighted by molar-refractivity contribution is -0.139. The predicted molar refractivity (Wildman–Crippen MR) is 128 cm³/mol. The number of anilines is 2. The molecule has 40 heavy (non-hydrogen) atoms. The van der Waals surface area contributed by atoms with Crippen LogP contribution >= 0.6 is 0 Å². The molecule has 1 N–H and O–H groups in total. The van der Waals surface area contributed by atoms with E-state index in [0.717, 1.165) is 18.5 Å². The maximum Gasteiger partial charge on any atom is 0.423 e. The van der Waals surface area contributed by atoms with E-state index in [2.05, 4.69) is 10.1 Å². The molecule has 16 heteroatoms. The maximum atomic E-state index is 13.5. The number of amides is 1. The van der Waals surface area contributed by atoms with Crippen LogP contribution in [0.3, 0.4) is 0 Å². The monoisotopic (exact) mass is 576 g/mol. The highest BCUT2D eigenvalue weighted by atomic mass is 19.4. The van der Waals surface area contributed by atoms with Crippen LogP contribution in [-0.2, 0) is 21.9 Å². The van der Waals surface area contributed by atoms with Crippen molar-refractivity contribution < 1.29 is 40.6 Å². The highest BCUT2D eigenvalue weighted by Crippen LogP contribution is 2.39. The fourth-order valence-corrected chi connectivity index (χ4v) is 5.35. The third-order valence-corrected chi connectivity index (χ3v) is 7.28. The Kier molecular flexibility index (Phi) is 7.54. The van der Waals surface area contributed by atoms with Gasteiger partial charge in [-0.05, 0) is 18.9 Å². The lowest BCUT2D eigenvalue weighted by Gasteiger charge is -2.44. The summed E-state index contributed by atoms with van der Waals surface area (Å²) in [5.41, 5.74) is -3.80. The van der Waals surface area contributed by atoms with Gasteiger partial charge in [-0.25, -0.2) is 10.1 Å². The number of hydrogen-bond donors (Lipinski definition) is 1. The number of alkyl halides is 6. The normalized spacial score (nSPS) is 21.2. The zero-order chi connectivity index (χ0) is 28.7. The van der Waals surface area contributed by atoms with Crippen molar-refractivity contribution >= 4 is 17.4 Å². The summed E-state index contributed by atoms with van der Waals surface area (Å²) in [6, 6.07) is 0.246. The molecule has 1 amide bonds. The number of carbonyl (C=O) groups excluding carboxylic acids is 1. The lowest BCUT2D eigenvalue weighted by atomic mass is 10.1. The number of pyridine rings is 1. The van der Waals surface area contributed by atoms with Gasteiger partial charge >= 0.3 is 12.4 Å². The van der Waals surface area contributed by atoms with Crippen molar-refractivity contribution in [3.63, 3.8) is 0 Å². The third kappa shape index (κ3) is 5.67. The molecule has 2 saturated heterocycles. The number of H-pyrrole nitrogens is 1. The topological polar surface area (TPSA) is 104 Å². The van der Waals surface area contributed by atoms with Gasteiger partial charge in [0, 0.05) is 32.4 Å². The Hall–Kier alpha value is -3.56. The van der Waals surface area contributed by atoms with Crippen molar-refractivity contribution in [3.05, 3.63) is 39.9 Å². The van der Waals surface area contributed by atoms with Crippen LogP contribution in [0.2, 0.25) is 0 Å². The fourth-order valence-electron chi connectivity index (χ4n) is 5.35. The highest BCUT2D eigenvalue weighted by Gasteiger charge is 2.41. The van der Waals surface area contributed by atoms with Gasteiger partial charge in [0.1, 0.15) is 12.2 Å². The van der Waals surface area contributed by atoms with E-state index in [0.29, 0.717) is 44.8 Å². The molecular formula is C24H26F6N6O4. The molecule has 2 fully saturated rings. The zero-order valence-electron chi connectivity index (χ0n) is 21.1. The van der Waals surface area contributed by atoms with E-state index in [1.54, 1.807) is 4.90 Å². The first-order valence-corrected chi connectivity index (χ1v) is 12.7. The van der Waals surface area contributed by atoms with Gasteiger partial charge in [-0.2, -0.15) is 31.4 Å². The molecule has 2 aromatic rings. The van der Waals surface area contributed by atoms with Crippen LogP contribution in [0.4, 0.5) is 37.8 Å². The summed E-state index contributed by atoms with van der Waals surface area (Å²) < 4.78 is 90.7. The standard InChI is InChI=1S/C24H26F6N6O4/c25-23(26,27)14-8-18-21(31-9-14)36-6-5-34(11-16(36)13-40-18)19(37)3-7-39-12-15-2-1-4-35(15)17-10-32-33-22(38)20(17)24(28,29)30/h8-10,15-16H,1-7,11-13H2,(H,33,38). The Morgan fingerprint density at radius 3 is 2.65 bits per heavy atom. The summed E-state index contributed by atoms with van der Waals surface area (Å²) in [6.07, 6.45) is -6.41. The Morgan fingerprint density at radius 1 is 1.10 bits per heavy atom. The number of piperazine rings is 1. The molecule has 5 heterocycles. The minimum atomic E-state index is -4.84. The van der Waals surface area contributed by atoms with E-state index in [-0.39, 0.29) is 49.6 Å². The smallest absolute Gasteiger partial charge is 0.423 e. The van der Waals surface area contributed by atoms with Gasteiger partial charge < -0.3 is 24.2 Å². The maximum absolute atomic E-state index is 13.5. The molecule has 0 bridgehead atoms. The van der Waals surface area contributed by atoms with Crippen molar-refractivity contribution in [2.24, 2.45) is 0 Å². The molecule has 2 aromatic heterocycles. The van der Waals surface area contributed by atoms with Crippen molar-refractivity contribution in [1.82, 2.24) is 20.1 Å². The van der Waals surface area contributed by atoms with Gasteiger partial charge in [0.05, 0.1) is 49.2 Å². The number of nitrogens with one attached hydrogen (secondary N) is 1. The number of halogens is 6. The molecule has 0 radical (unpaired) electrons. The quantitative estimate of drug-likeness (QED) is 0.414. The van der Waals surface area contributed by atoms with Gasteiger partial charge in [-0.1, -0.05) is 0 Å². The number of carbonyl (C=O) groups is 1. The van der Waals surface area contributed by atoms with Crippen molar-refractivity contribution in [2.45, 2.75) is 43.7 Å². The first-order valence-electron chi connectivity index (χ1n) is 12.7. The average Bonchev–Trinajstić information content (AvgIpc) is 3.37.